The first kappa shape index (κ1) is 132. The second-order valence-corrected chi connectivity index (χ2v) is 57.6. The number of nitrogens with zero attached hydrogens (tertiary/aromatic N) is 5. The average Bonchev–Trinajstić information content (AvgIpc) is 1.60. The molecule has 0 spiro atoms. The Bertz CT molecular complexity index is 5070. The number of hydrogen-bond donors (Lipinski definition) is 9. The number of halogens is 3. The van der Waals surface area contributed by atoms with Crippen molar-refractivity contribution in [1.29, 1.82) is 0 Å². The number of rotatable bonds is 2. The molecule has 145 heavy (non-hydrogen) atoms. The summed E-state index contributed by atoms with van der Waals surface area (Å²) in [6.07, 6.45) is -0.372. The minimum absolute atomic E-state index is 0.00345. The lowest BCUT2D eigenvalue weighted by atomic mass is 9.67. The van der Waals surface area contributed by atoms with Crippen molar-refractivity contribution < 1.29 is 79.5 Å². The third-order valence-corrected chi connectivity index (χ3v) is 32.1. The first-order chi connectivity index (χ1) is 64.5. The number of benzene rings is 1. The van der Waals surface area contributed by atoms with Gasteiger partial charge >= 0.3 is 6.18 Å². The van der Waals surface area contributed by atoms with E-state index in [9.17, 15) is 70.4 Å². The number of aromatic amines is 1. The Morgan fingerprint density at radius 2 is 1.03 bits per heavy atom. The number of likely N-dealkylation sites (tertiary alicyclic amines) is 3. The van der Waals surface area contributed by atoms with Gasteiger partial charge in [0.2, 0.25) is 47.1 Å². The van der Waals surface area contributed by atoms with Gasteiger partial charge in [0.05, 0.1) is 43.9 Å². The fourth-order valence-corrected chi connectivity index (χ4v) is 19.2. The summed E-state index contributed by atoms with van der Waals surface area (Å²) in [4.78, 5) is 130. The molecule has 9 amide bonds. The van der Waals surface area contributed by atoms with Crippen molar-refractivity contribution in [2.45, 2.75) is 348 Å². The van der Waals surface area contributed by atoms with E-state index < -0.39 is 62.3 Å². The van der Waals surface area contributed by atoms with E-state index in [1.165, 1.54) is 56.1 Å². The summed E-state index contributed by atoms with van der Waals surface area (Å²) in [6, 6.07) is 10.0. The van der Waals surface area contributed by atoms with Gasteiger partial charge in [0, 0.05) is 92.5 Å². The number of nitrogens with one attached hydrogen (secondary N) is 8. The maximum absolute atomic E-state index is 12.3. The summed E-state index contributed by atoms with van der Waals surface area (Å²) in [6.45, 7) is 108. The van der Waals surface area contributed by atoms with Crippen molar-refractivity contribution in [3.8, 4) is 17.1 Å². The zero-order chi connectivity index (χ0) is 114. The molecular formula is C111H184F3N13O15S3. The van der Waals surface area contributed by atoms with Crippen LogP contribution in [0.4, 0.5) is 13.2 Å². The standard InChI is InChI=1S/C13H15NO.C11H16F3NO2.C10H17NO.C9H14N2O2.C9H15NO2.C9H15NOS.C9H15NO.C9H19N.C8H15NO2S.C8H13NO2.C8H13NOS.C8H17N/c1-13(2,3)12-14-9-11(15-12)10-7-5-4-6-8-10;1-9(2,3)10(4)5-7(16)15(8(10)17)6-11(12,13)14;1-7-6-10(5,8(12)11-7)9(2,3)4;1-5-10-7(9(2,3)4)6(12)8(13)11-5;2*1-6-10-7(11)9(5,12-6)8(2,3)4;1-6-5-7(8(11)10-6)9(2,3)4;1-9(2,3)8-5-6-10(4)7-8;1-8(2,3)6-5-12(4,11)9-7(6)10;2*1-5-9-7(10)6(11-5)8(2,3)4;1-8(2,3)7-5-9(4)6-7/h4-9H,1-3H3;5-6H2,1-4H3;1,6H2,2-5H3,(H,11,12);12H,1-4H3,(H,10,11,13);2*1H2,2-5H3,(H,10,11);7H,1,5H2,2-4H3,(H,10,11);8H,5-7H2,1-4H3;6H,4-5H2,1-3H3,(H,9,10,11);2*6H,1H2,2-4H3,(H,9,10);7H,5-6H2,1-4H3. The lowest BCUT2D eigenvalue weighted by molar-refractivity contribution is -0.168. The molecule has 0 aliphatic carbocycles. The number of oxazole rings is 1. The van der Waals surface area contributed by atoms with Gasteiger partial charge in [-0.3, -0.25) is 68.2 Å². The van der Waals surface area contributed by atoms with E-state index in [4.69, 9.17) is 13.9 Å². The Balaban J connectivity index is 0.000000536. The third kappa shape index (κ3) is 38.8. The molecule has 9 N–H and O–H groups in total. The number of hydrogen-bond acceptors (Lipinski definition) is 21. The largest absolute Gasteiger partial charge is 0.502 e. The van der Waals surface area contributed by atoms with E-state index >= 15 is 0 Å². The molecule has 10 unspecified atom stereocenters. The summed E-state index contributed by atoms with van der Waals surface area (Å²) in [5.41, 5.74) is 0.270. The van der Waals surface area contributed by atoms with E-state index in [0.717, 1.165) is 63.3 Å². The topological polar surface area (TPSA) is 375 Å². The number of aromatic nitrogens is 3. The molecule has 12 heterocycles. The van der Waals surface area contributed by atoms with Crippen LogP contribution in [-0.2, 0) is 73.2 Å². The summed E-state index contributed by atoms with van der Waals surface area (Å²) in [5.74, 6) is 6.79. The number of amides is 9. The minimum atomic E-state index is -4.55. The molecule has 10 aliphatic heterocycles. The Morgan fingerprint density at radius 3 is 1.28 bits per heavy atom. The van der Waals surface area contributed by atoms with Crippen molar-refractivity contribution in [1.82, 2.24) is 66.3 Å². The highest BCUT2D eigenvalue weighted by Gasteiger charge is 2.58. The molecule has 10 saturated heterocycles. The van der Waals surface area contributed by atoms with Crippen molar-refractivity contribution in [2.24, 2.45) is 88.7 Å². The number of alkyl halides is 3. The summed E-state index contributed by atoms with van der Waals surface area (Å²) in [5, 5.41) is 27.1. The van der Waals surface area contributed by atoms with Crippen LogP contribution in [0.5, 0.6) is 5.75 Å². The normalized spacial score (nSPS) is 25.3. The van der Waals surface area contributed by atoms with Gasteiger partial charge in [0.1, 0.15) is 17.1 Å². The monoisotopic (exact) mass is 2090 g/mol. The van der Waals surface area contributed by atoms with Crippen molar-refractivity contribution in [2.75, 3.05) is 52.6 Å². The first-order valence-corrected chi connectivity index (χ1v) is 53.1. The van der Waals surface area contributed by atoms with Crippen LogP contribution in [0.3, 0.4) is 0 Å². The lowest BCUT2D eigenvalue weighted by Crippen LogP contribution is -2.49. The SMILES string of the molecule is C=C1CC(C(C)(C)C)C(=O)N1.C=C1CC(C)(C(C)(C)C)C(=O)N1.C=C1NC(=O)C(C(C)(C)C)O1.C=C1NC(=O)C(C(C)(C)C)S1.C=C1NC(=O)C(C)(C(C)(C)C)O1.C=C1NC(=O)C(C)(C(C)(C)C)S1.C=S1(=O)CC(C(C)(C)C)C(=O)N1.CC(C)(C)C1(C)CC(=O)N(CC(F)(F)F)C1=O.CC(C)(C)c1ncc(-c2ccccc2)o1.CN1CC(C(C)(C)C)C1.CN1CCC(C(C)(C)C)C1.Cc1nc(C(C)(C)C)c(O)c(=O)[nH]1. The van der Waals surface area contributed by atoms with Crippen LogP contribution in [0.2, 0.25) is 0 Å². The summed E-state index contributed by atoms with van der Waals surface area (Å²) in [7, 11) is 2.07. The third-order valence-electron chi connectivity index (χ3n) is 27.5. The molecule has 13 rings (SSSR count). The van der Waals surface area contributed by atoms with Gasteiger partial charge in [-0.2, -0.15) is 13.2 Å². The summed E-state index contributed by atoms with van der Waals surface area (Å²) >= 11 is 3.05. The minimum Gasteiger partial charge on any atom is -0.502 e. The molecule has 0 bridgehead atoms. The average molecular weight is 2090 g/mol. The molecule has 822 valence electrons. The Hall–Kier alpha value is -8.99. The van der Waals surface area contributed by atoms with Gasteiger partial charge < -0.3 is 55.0 Å². The van der Waals surface area contributed by atoms with Gasteiger partial charge in [0.25, 0.3) is 17.4 Å². The fraction of sp³-hybridized carbons (Fsp3) is 0.685. The number of ether oxygens (including phenoxy) is 2. The zero-order valence-corrected chi connectivity index (χ0v) is 98.7. The van der Waals surface area contributed by atoms with Crippen molar-refractivity contribution >= 4 is 92.3 Å². The van der Waals surface area contributed by atoms with Crippen molar-refractivity contribution in [3.05, 3.63) is 137 Å². The van der Waals surface area contributed by atoms with Crippen LogP contribution in [0.25, 0.3) is 11.3 Å². The van der Waals surface area contributed by atoms with Crippen LogP contribution in [0, 0.1) is 95.6 Å². The molecule has 2 aromatic heterocycles. The van der Waals surface area contributed by atoms with E-state index in [1.807, 2.05) is 127 Å². The molecule has 10 atom stereocenters. The maximum Gasteiger partial charge on any atom is 0.406 e. The number of H-pyrrole nitrogens is 1. The van der Waals surface area contributed by atoms with Gasteiger partial charge in [-0.15, -0.1) is 0 Å². The highest BCUT2D eigenvalue weighted by molar-refractivity contribution is 8.05. The molecule has 10 fully saturated rings. The smallest absolute Gasteiger partial charge is 0.406 e. The molecule has 1 aromatic carbocycles. The van der Waals surface area contributed by atoms with E-state index in [-0.39, 0.29) is 130 Å². The van der Waals surface area contributed by atoms with Crippen LogP contribution in [-0.4, -0.2) is 178 Å². The number of carbonyl (C=O) groups excluding carboxylic acids is 9. The second-order valence-electron chi connectivity index (χ2n) is 52.8. The van der Waals surface area contributed by atoms with Crippen LogP contribution < -0.4 is 42.2 Å². The quantitative estimate of drug-likeness (QED) is 0.0850. The van der Waals surface area contributed by atoms with Gasteiger partial charge in [0.15, 0.2) is 35.1 Å². The molecular weight excluding hydrogens is 1910 g/mol. The maximum atomic E-state index is 12.3. The fourth-order valence-electron chi connectivity index (χ4n) is 15.4. The van der Waals surface area contributed by atoms with Crippen LogP contribution in [0.15, 0.2) is 118 Å². The van der Waals surface area contributed by atoms with Crippen LogP contribution >= 0.6 is 23.5 Å². The van der Waals surface area contributed by atoms with E-state index in [2.05, 4.69) is 266 Å². The number of allylic oxidation sites excluding steroid dienone is 2. The molecule has 10 aliphatic rings. The highest BCUT2D eigenvalue weighted by atomic mass is 32.2. The Kier molecular flexibility index (Phi) is 44.4. The Labute approximate surface area is 876 Å². The lowest BCUT2D eigenvalue weighted by Gasteiger charge is -2.44. The van der Waals surface area contributed by atoms with E-state index in [1.54, 1.807) is 47.7 Å². The molecule has 34 heteroatoms. The van der Waals surface area contributed by atoms with Gasteiger partial charge in [-0.05, 0) is 142 Å². The number of aryl methyl sites for hydroxylation is 1. The molecule has 0 saturated carbocycles. The molecule has 0 radical (unpaired) electrons. The predicted molar refractivity (Wildman–Crippen MR) is 585 cm³/mol. The highest BCUT2D eigenvalue weighted by Crippen LogP contribution is 2.51. The first-order valence-electron chi connectivity index (χ1n) is 49.5. The number of carbonyl (C=O) groups is 9. The predicted octanol–water partition coefficient (Wildman–Crippen LogP) is 21.1. The van der Waals surface area contributed by atoms with Crippen LogP contribution in [0.1, 0.15) is 320 Å². The number of thioether (sulfide) groups is 2. The number of imide groups is 1. The number of aromatic hydroxyl groups is 1. The van der Waals surface area contributed by atoms with Gasteiger partial charge in [-0.1, -0.05) is 329 Å². The molecule has 3 aromatic rings. The van der Waals surface area contributed by atoms with Gasteiger partial charge in [-0.25, -0.2) is 14.2 Å². The summed E-state index contributed by atoms with van der Waals surface area (Å²) < 4.78 is 66.5. The Morgan fingerprint density at radius 1 is 0.524 bits per heavy atom. The molecule has 28 nitrogen and oxygen atoms in total. The van der Waals surface area contributed by atoms with Crippen molar-refractivity contribution in [3.63, 3.8) is 0 Å². The van der Waals surface area contributed by atoms with E-state index in [0.29, 0.717) is 44.8 Å². The second kappa shape index (κ2) is 48.8. The zero-order valence-electron chi connectivity index (χ0n) is 96.2.